The number of benzene rings is 2. The normalized spacial score (nSPS) is 31.7. The lowest BCUT2D eigenvalue weighted by molar-refractivity contribution is -0.169. The molecule has 6 aliphatic carbocycles. The number of aromatic hydroxyl groups is 2. The van der Waals surface area contributed by atoms with E-state index in [-0.39, 0.29) is 41.0 Å². The van der Waals surface area contributed by atoms with E-state index in [1.165, 1.54) is 36.0 Å². The van der Waals surface area contributed by atoms with E-state index < -0.39 is 134 Å². The molecule has 8 rings (SSSR count). The average Bonchev–Trinajstić information content (AvgIpc) is 3.20. The Kier molecular flexibility index (Phi) is 11.1. The smallest absolute Gasteiger partial charge is 0.255 e. The molecule has 0 spiro atoms. The van der Waals surface area contributed by atoms with Crippen LogP contribution in [-0.2, 0) is 35.2 Å². The quantitative estimate of drug-likeness (QED) is 0.169. The number of Topliss-reactive ketones (excluding diaryl/α,β-unsaturated/α-hetero) is 4. The highest BCUT2D eigenvalue weighted by atomic mass is 16.4. The van der Waals surface area contributed by atoms with Gasteiger partial charge in [-0.15, -0.1) is 0 Å². The van der Waals surface area contributed by atoms with E-state index in [1.807, 2.05) is 19.0 Å². The Balaban J connectivity index is 0.000000194. The standard InChI is InChI=1S/C23H27N3O7.C22H24N2O8/c1-25(2)12-5-6-13(27)15-10(12)7-9-8-11-17(26(3)4)19(29)16(22(24)32)21(31)23(11,33)20(30)14(9)18(15)28;1-7-8-5-4-6-9(25)11(8)16(26)12-10(7)17(27)14-15(24(2)3)18(28)13(21(23)31)20(30)22(14,32)19(12)29/h5-6,9,11,17,27-28,31,33H,7-8H2,1-4H3,(H2,24,32);4-7,10,14-15,17,25-27,30,32H,1-3H3,(H2,23,31)/t9-,11-,17-,23-;7-,10+,14+,15-,17-,22-/m00/s1. The number of amides is 2. The lowest BCUT2D eigenvalue weighted by Gasteiger charge is -2.53. The molecule has 65 heavy (non-hydrogen) atoms. The van der Waals surface area contributed by atoms with E-state index in [1.54, 1.807) is 39.2 Å². The van der Waals surface area contributed by atoms with Crippen LogP contribution >= 0.6 is 0 Å². The summed E-state index contributed by atoms with van der Waals surface area (Å²) < 4.78 is 0. The van der Waals surface area contributed by atoms with Gasteiger partial charge in [-0.25, -0.2) is 0 Å². The fourth-order valence-corrected chi connectivity index (χ4v) is 11.2. The highest BCUT2D eigenvalue weighted by Crippen LogP contribution is 2.57. The summed E-state index contributed by atoms with van der Waals surface area (Å²) in [6.07, 6.45) is -1.27. The van der Waals surface area contributed by atoms with Crippen molar-refractivity contribution in [3.63, 3.8) is 0 Å². The van der Waals surface area contributed by atoms with E-state index >= 15 is 0 Å². The summed E-state index contributed by atoms with van der Waals surface area (Å²) >= 11 is 0. The summed E-state index contributed by atoms with van der Waals surface area (Å²) in [7, 11) is 9.67. The molecule has 0 bridgehead atoms. The van der Waals surface area contributed by atoms with E-state index in [0.717, 1.165) is 5.69 Å². The molecule has 10 atom stereocenters. The molecule has 2 saturated carbocycles. The third kappa shape index (κ3) is 6.22. The minimum atomic E-state index is -2.89. The molecule has 6 aliphatic rings. The maximum Gasteiger partial charge on any atom is 0.255 e. The number of ketones is 4. The van der Waals surface area contributed by atoms with Gasteiger partial charge in [-0.05, 0) is 82.2 Å². The topological polar surface area (TPSA) is 346 Å². The predicted molar refractivity (Wildman–Crippen MR) is 229 cm³/mol. The van der Waals surface area contributed by atoms with Crippen LogP contribution < -0.4 is 16.4 Å². The van der Waals surface area contributed by atoms with Crippen LogP contribution in [0.2, 0.25) is 0 Å². The number of phenolic OH excluding ortho intramolecular Hbond substituents is 2. The monoisotopic (exact) mass is 901 g/mol. The third-order valence-electron chi connectivity index (χ3n) is 14.1. The van der Waals surface area contributed by atoms with Crippen LogP contribution in [0, 0.1) is 23.7 Å². The number of carbonyl (C=O) groups excluding carboxylic acids is 6. The molecule has 0 unspecified atom stereocenters. The largest absolute Gasteiger partial charge is 0.508 e. The first-order valence-electron chi connectivity index (χ1n) is 20.5. The van der Waals surface area contributed by atoms with Crippen molar-refractivity contribution in [1.82, 2.24) is 9.80 Å². The first kappa shape index (κ1) is 46.4. The number of phenols is 2. The highest BCUT2D eigenvalue weighted by molar-refractivity contribution is 6.25. The maximum atomic E-state index is 13.7. The molecule has 346 valence electrons. The van der Waals surface area contributed by atoms with Gasteiger partial charge in [-0.1, -0.05) is 19.1 Å². The van der Waals surface area contributed by atoms with Gasteiger partial charge in [0.25, 0.3) is 11.8 Å². The Morgan fingerprint density at radius 3 is 1.74 bits per heavy atom. The maximum absolute atomic E-state index is 13.7. The summed E-state index contributed by atoms with van der Waals surface area (Å²) in [5, 5.41) is 98.8. The second-order valence-corrected chi connectivity index (χ2v) is 18.1. The van der Waals surface area contributed by atoms with Crippen LogP contribution in [0.1, 0.15) is 41.5 Å². The highest BCUT2D eigenvalue weighted by Gasteiger charge is 2.69. The summed E-state index contributed by atoms with van der Waals surface area (Å²) in [6.45, 7) is 1.68. The number of rotatable bonds is 5. The van der Waals surface area contributed by atoms with Crippen LogP contribution in [0.15, 0.2) is 64.1 Å². The molecular weight excluding hydrogens is 851 g/mol. The number of hydrogen-bond donors (Lipinski definition) is 11. The number of nitrogens with two attached hydrogens (primary N) is 2. The number of carbonyl (C=O) groups is 6. The number of aliphatic hydroxyl groups excluding tert-OH is 5. The SMILES string of the molecule is CN(C)c1ccc(O)c2c1C[C@H]1C[C@H]3[C@H](N(C)C)C(=O)C(C(N)=O)=C(O)[C@@]3(O)C(=O)C1=C2O.C[C@H]1c2cccc(O)c2C(O)=C2C(=O)[C@]3(O)C(O)=C(C(N)=O)C(=O)[C@@H](N(C)C)[C@@H]3[C@@H](O)[C@@H]21. The molecule has 20 nitrogen and oxygen atoms in total. The Hall–Kier alpha value is -6.58. The van der Waals surface area contributed by atoms with Gasteiger partial charge in [0.1, 0.15) is 45.7 Å². The second-order valence-electron chi connectivity index (χ2n) is 18.1. The van der Waals surface area contributed by atoms with Crippen molar-refractivity contribution in [2.24, 2.45) is 35.1 Å². The van der Waals surface area contributed by atoms with Gasteiger partial charge in [-0.2, -0.15) is 0 Å². The van der Waals surface area contributed by atoms with Gasteiger partial charge in [0.2, 0.25) is 11.6 Å². The summed E-state index contributed by atoms with van der Waals surface area (Å²) in [5.41, 5.74) is 4.62. The molecule has 0 radical (unpaired) electrons. The van der Waals surface area contributed by atoms with Crippen LogP contribution in [0.5, 0.6) is 11.5 Å². The van der Waals surface area contributed by atoms with Crippen molar-refractivity contribution >= 4 is 52.2 Å². The molecule has 2 amide bonds. The molecule has 20 heteroatoms. The van der Waals surface area contributed by atoms with Crippen molar-refractivity contribution in [2.75, 3.05) is 47.2 Å². The number of fused-ring (bicyclic) bond motifs is 6. The molecule has 13 N–H and O–H groups in total. The summed E-state index contributed by atoms with van der Waals surface area (Å²) in [4.78, 5) is 81.9. The first-order chi connectivity index (χ1) is 30.2. The number of hydrogen-bond acceptors (Lipinski definition) is 18. The van der Waals surface area contributed by atoms with Gasteiger partial charge in [0.05, 0.1) is 35.2 Å². The van der Waals surface area contributed by atoms with Crippen molar-refractivity contribution < 1.29 is 74.7 Å². The van der Waals surface area contributed by atoms with E-state index in [9.17, 15) is 74.7 Å². The third-order valence-corrected chi connectivity index (χ3v) is 14.1. The predicted octanol–water partition coefficient (Wildman–Crippen LogP) is -0.474. The van der Waals surface area contributed by atoms with E-state index in [0.29, 0.717) is 11.1 Å². The van der Waals surface area contributed by atoms with E-state index in [4.69, 9.17) is 11.5 Å². The fraction of sp³-hybridized carbons (Fsp3) is 0.422. The van der Waals surface area contributed by atoms with Crippen LogP contribution in [0.25, 0.3) is 11.5 Å². The Labute approximate surface area is 371 Å². The van der Waals surface area contributed by atoms with Gasteiger partial charge >= 0.3 is 0 Å². The van der Waals surface area contributed by atoms with Gasteiger partial charge in [-0.3, -0.25) is 38.6 Å². The van der Waals surface area contributed by atoms with Crippen molar-refractivity contribution in [3.8, 4) is 11.5 Å². The Morgan fingerprint density at radius 1 is 0.692 bits per heavy atom. The fourth-order valence-electron chi connectivity index (χ4n) is 11.2. The first-order valence-corrected chi connectivity index (χ1v) is 20.5. The molecule has 0 saturated heterocycles. The number of primary amides is 2. The molecule has 2 aromatic rings. The molecule has 2 aromatic carbocycles. The minimum Gasteiger partial charge on any atom is -0.508 e. The van der Waals surface area contributed by atoms with Crippen LogP contribution in [0.4, 0.5) is 5.69 Å². The lowest BCUT2D eigenvalue weighted by Crippen LogP contribution is -2.70. The van der Waals surface area contributed by atoms with Crippen LogP contribution in [-0.4, -0.2) is 162 Å². The zero-order valence-corrected chi connectivity index (χ0v) is 36.4. The second kappa shape index (κ2) is 15.5. The minimum absolute atomic E-state index is 0.0245. The van der Waals surface area contributed by atoms with Crippen molar-refractivity contribution in [1.29, 1.82) is 0 Å². The molecule has 2 fully saturated rings. The number of anilines is 1. The average molecular weight is 902 g/mol. The van der Waals surface area contributed by atoms with Crippen molar-refractivity contribution in [3.05, 3.63) is 86.4 Å². The van der Waals surface area contributed by atoms with E-state index in [2.05, 4.69) is 0 Å². The molecule has 0 aromatic heterocycles. The Bertz CT molecular complexity index is 2660. The summed E-state index contributed by atoms with van der Waals surface area (Å²) in [5.74, 6) is -15.4. The number of likely N-dealkylation sites (N-methyl/N-ethyl adjacent to an activating group) is 2. The number of nitrogens with zero attached hydrogens (tertiary/aromatic N) is 3. The lowest BCUT2D eigenvalue weighted by atomic mass is 9.54. The van der Waals surface area contributed by atoms with Crippen molar-refractivity contribution in [2.45, 2.75) is 55.1 Å². The zero-order chi connectivity index (χ0) is 48.4. The van der Waals surface area contributed by atoms with Gasteiger partial charge in [0.15, 0.2) is 22.8 Å². The van der Waals surface area contributed by atoms with Gasteiger partial charge in [0, 0.05) is 42.8 Å². The van der Waals surface area contributed by atoms with Crippen LogP contribution in [0.3, 0.4) is 0 Å². The van der Waals surface area contributed by atoms with Gasteiger partial charge < -0.3 is 62.3 Å². The molecule has 0 heterocycles. The zero-order valence-electron chi connectivity index (χ0n) is 36.4. The Morgan fingerprint density at radius 2 is 1.20 bits per heavy atom. The molecular formula is C45H51N5O15. The number of aliphatic hydroxyl groups is 7. The summed E-state index contributed by atoms with van der Waals surface area (Å²) in [6, 6.07) is 5.14. The molecule has 0 aliphatic heterocycles.